The molecule has 116 valence electrons. The molecule has 0 heterocycles. The number of benzene rings is 1. The summed E-state index contributed by atoms with van der Waals surface area (Å²) in [4.78, 5) is 25.7. The highest BCUT2D eigenvalue weighted by atomic mass is 16.4. The fourth-order valence-corrected chi connectivity index (χ4v) is 2.27. The van der Waals surface area contributed by atoms with E-state index in [1.165, 1.54) is 18.7 Å². The van der Waals surface area contributed by atoms with E-state index in [4.69, 9.17) is 5.73 Å². The van der Waals surface area contributed by atoms with Crippen LogP contribution in [0.15, 0.2) is 24.3 Å². The first-order chi connectivity index (χ1) is 9.55. The Morgan fingerprint density at radius 3 is 2.00 bits per heavy atom. The van der Waals surface area contributed by atoms with Crippen LogP contribution in [0.1, 0.15) is 40.2 Å². The molecule has 1 rings (SSSR count). The Kier molecular flexibility index (Phi) is 4.66. The Morgan fingerprint density at radius 1 is 1.14 bits per heavy atom. The lowest BCUT2D eigenvalue weighted by Crippen LogP contribution is -2.57. The highest BCUT2D eigenvalue weighted by Crippen LogP contribution is 2.29. The number of likely N-dealkylation sites (N-methyl/N-ethyl adjacent to an activating group) is 1. The zero-order valence-corrected chi connectivity index (χ0v) is 13.3. The molecular formula is C16H24N2O3. The van der Waals surface area contributed by atoms with Gasteiger partial charge in [0.05, 0.1) is 5.41 Å². The van der Waals surface area contributed by atoms with Crippen LogP contribution in [0.25, 0.3) is 0 Å². The minimum atomic E-state index is -1.25. The van der Waals surface area contributed by atoms with Crippen molar-refractivity contribution in [2.45, 2.75) is 45.6 Å². The molecular weight excluding hydrogens is 268 g/mol. The maximum atomic E-state index is 12.9. The molecule has 5 heteroatoms. The van der Waals surface area contributed by atoms with E-state index in [1.807, 2.05) is 0 Å². The Labute approximate surface area is 125 Å². The summed E-state index contributed by atoms with van der Waals surface area (Å²) in [5.74, 6) is -1.24. The molecule has 0 atom stereocenters. The Bertz CT molecular complexity index is 533. The topological polar surface area (TPSA) is 83.6 Å². The Morgan fingerprint density at radius 2 is 1.62 bits per heavy atom. The third-order valence-corrected chi connectivity index (χ3v) is 3.93. The van der Waals surface area contributed by atoms with Crippen molar-refractivity contribution in [1.82, 2.24) is 4.90 Å². The molecule has 0 bridgehead atoms. The summed E-state index contributed by atoms with van der Waals surface area (Å²) in [5, 5.41) is 9.35. The number of carbonyl (C=O) groups excluding carboxylic acids is 1. The predicted octanol–water partition coefficient (Wildman–Crippen LogP) is 2.26. The average molecular weight is 292 g/mol. The molecule has 0 fully saturated rings. The number of amides is 1. The van der Waals surface area contributed by atoms with Crippen LogP contribution in [0, 0.1) is 0 Å². The number of nitrogen functional groups attached to an aromatic ring is 1. The second-order valence-electron chi connectivity index (χ2n) is 6.16. The fraction of sp³-hybridized carbons (Fsp3) is 0.500. The first kappa shape index (κ1) is 17.0. The van der Waals surface area contributed by atoms with E-state index >= 15 is 0 Å². The standard InChI is InChI=1S/C16H24N2O3/c1-6-18(16(4,5)14(20)21)13(19)15(2,3)11-7-9-12(17)10-8-11/h7-10H,6,17H2,1-5H3,(H,20,21). The van der Waals surface area contributed by atoms with Gasteiger partial charge in [0.25, 0.3) is 0 Å². The van der Waals surface area contributed by atoms with Crippen LogP contribution in [-0.2, 0) is 15.0 Å². The van der Waals surface area contributed by atoms with E-state index in [9.17, 15) is 14.7 Å². The van der Waals surface area contributed by atoms with E-state index in [-0.39, 0.29) is 5.91 Å². The number of nitrogens with zero attached hydrogens (tertiary/aromatic N) is 1. The normalized spacial score (nSPS) is 12.0. The summed E-state index contributed by atoms with van der Waals surface area (Å²) in [6, 6.07) is 7.08. The first-order valence-electron chi connectivity index (χ1n) is 6.96. The summed E-state index contributed by atoms with van der Waals surface area (Å²) < 4.78 is 0. The third-order valence-electron chi connectivity index (χ3n) is 3.93. The predicted molar refractivity (Wildman–Crippen MR) is 83.0 cm³/mol. The number of anilines is 1. The lowest BCUT2D eigenvalue weighted by Gasteiger charge is -2.39. The van der Waals surface area contributed by atoms with Crippen molar-refractivity contribution in [3.05, 3.63) is 29.8 Å². The van der Waals surface area contributed by atoms with Gasteiger partial charge in [0.2, 0.25) is 5.91 Å². The lowest BCUT2D eigenvalue weighted by atomic mass is 9.81. The fourth-order valence-electron chi connectivity index (χ4n) is 2.27. The van der Waals surface area contributed by atoms with Gasteiger partial charge < -0.3 is 15.7 Å². The summed E-state index contributed by atoms with van der Waals surface area (Å²) in [6.45, 7) is 8.77. The van der Waals surface area contributed by atoms with Crippen LogP contribution in [-0.4, -0.2) is 34.0 Å². The van der Waals surface area contributed by atoms with Gasteiger partial charge in [-0.05, 0) is 52.3 Å². The minimum absolute atomic E-state index is 0.220. The second-order valence-corrected chi connectivity index (χ2v) is 6.16. The molecule has 0 aromatic heterocycles. The highest BCUT2D eigenvalue weighted by molar-refractivity contribution is 5.92. The minimum Gasteiger partial charge on any atom is -0.480 e. The summed E-state index contributed by atoms with van der Waals surface area (Å²) in [6.07, 6.45) is 0. The van der Waals surface area contributed by atoms with Gasteiger partial charge in [-0.3, -0.25) is 4.79 Å². The van der Waals surface area contributed by atoms with Gasteiger partial charge >= 0.3 is 5.97 Å². The van der Waals surface area contributed by atoms with Crippen molar-refractivity contribution in [3.63, 3.8) is 0 Å². The molecule has 0 aliphatic rings. The van der Waals surface area contributed by atoms with Gasteiger partial charge in [-0.15, -0.1) is 0 Å². The molecule has 1 aromatic carbocycles. The third kappa shape index (κ3) is 3.17. The second kappa shape index (κ2) is 5.76. The number of nitrogens with two attached hydrogens (primary N) is 1. The van der Waals surface area contributed by atoms with E-state index in [0.717, 1.165) is 5.56 Å². The number of hydrogen-bond donors (Lipinski definition) is 2. The summed E-state index contributed by atoms with van der Waals surface area (Å²) in [7, 11) is 0. The van der Waals surface area contributed by atoms with Crippen molar-refractivity contribution >= 4 is 17.6 Å². The number of carboxylic acids is 1. The molecule has 0 radical (unpaired) electrons. The molecule has 5 nitrogen and oxygen atoms in total. The number of rotatable bonds is 5. The Balaban J connectivity index is 3.20. The lowest BCUT2D eigenvalue weighted by molar-refractivity contribution is -0.158. The molecule has 1 aromatic rings. The number of carbonyl (C=O) groups is 2. The maximum absolute atomic E-state index is 12.9. The maximum Gasteiger partial charge on any atom is 0.329 e. The molecule has 0 saturated carbocycles. The van der Waals surface area contributed by atoms with Gasteiger partial charge in [0.15, 0.2) is 0 Å². The number of aliphatic carboxylic acids is 1. The monoisotopic (exact) mass is 292 g/mol. The SMILES string of the molecule is CCN(C(=O)C(C)(C)c1ccc(N)cc1)C(C)(C)C(=O)O. The van der Waals surface area contributed by atoms with Crippen molar-refractivity contribution in [3.8, 4) is 0 Å². The largest absolute Gasteiger partial charge is 0.480 e. The smallest absolute Gasteiger partial charge is 0.329 e. The molecule has 1 amide bonds. The molecule has 0 saturated heterocycles. The van der Waals surface area contributed by atoms with Gasteiger partial charge in [-0.2, -0.15) is 0 Å². The molecule has 0 aliphatic carbocycles. The number of carboxylic acid groups (broad SMARTS) is 1. The van der Waals surface area contributed by atoms with Crippen LogP contribution in [0.5, 0.6) is 0 Å². The van der Waals surface area contributed by atoms with E-state index in [2.05, 4.69) is 0 Å². The van der Waals surface area contributed by atoms with E-state index in [1.54, 1.807) is 45.0 Å². The number of hydrogen-bond acceptors (Lipinski definition) is 3. The van der Waals surface area contributed by atoms with Gasteiger partial charge in [-0.25, -0.2) is 4.79 Å². The van der Waals surface area contributed by atoms with Crippen LogP contribution < -0.4 is 5.73 Å². The van der Waals surface area contributed by atoms with Crippen molar-refractivity contribution in [1.29, 1.82) is 0 Å². The molecule has 0 aliphatic heterocycles. The first-order valence-corrected chi connectivity index (χ1v) is 6.96. The van der Waals surface area contributed by atoms with E-state index < -0.39 is 16.9 Å². The van der Waals surface area contributed by atoms with Crippen LogP contribution in [0.3, 0.4) is 0 Å². The zero-order valence-electron chi connectivity index (χ0n) is 13.3. The molecule has 3 N–H and O–H groups in total. The molecule has 0 unspecified atom stereocenters. The van der Waals surface area contributed by atoms with Crippen molar-refractivity contribution < 1.29 is 14.7 Å². The van der Waals surface area contributed by atoms with Gasteiger partial charge in [-0.1, -0.05) is 12.1 Å². The van der Waals surface area contributed by atoms with Crippen molar-refractivity contribution in [2.75, 3.05) is 12.3 Å². The zero-order chi connectivity index (χ0) is 16.4. The van der Waals surface area contributed by atoms with Gasteiger partial charge in [0, 0.05) is 12.2 Å². The van der Waals surface area contributed by atoms with Crippen LogP contribution >= 0.6 is 0 Å². The molecule has 0 spiro atoms. The summed E-state index contributed by atoms with van der Waals surface area (Å²) >= 11 is 0. The average Bonchev–Trinajstić information content (AvgIpc) is 2.39. The van der Waals surface area contributed by atoms with E-state index in [0.29, 0.717) is 12.2 Å². The Hall–Kier alpha value is -2.04. The highest BCUT2D eigenvalue weighted by Gasteiger charge is 2.43. The van der Waals surface area contributed by atoms with Crippen LogP contribution in [0.2, 0.25) is 0 Å². The van der Waals surface area contributed by atoms with Crippen molar-refractivity contribution in [2.24, 2.45) is 0 Å². The molecule has 21 heavy (non-hydrogen) atoms. The van der Waals surface area contributed by atoms with Crippen LogP contribution in [0.4, 0.5) is 5.69 Å². The van der Waals surface area contributed by atoms with Gasteiger partial charge in [0.1, 0.15) is 5.54 Å². The quantitative estimate of drug-likeness (QED) is 0.815. The summed E-state index contributed by atoms with van der Waals surface area (Å²) in [5.41, 5.74) is 5.02.